The normalized spacial score (nSPS) is 17.5. The van der Waals surface area contributed by atoms with Gasteiger partial charge in [0.2, 0.25) is 5.89 Å². The summed E-state index contributed by atoms with van der Waals surface area (Å²) in [7, 11) is 3.23. The van der Waals surface area contributed by atoms with Gasteiger partial charge in [0, 0.05) is 19.2 Å². The summed E-state index contributed by atoms with van der Waals surface area (Å²) in [6.45, 7) is 6.10. The first-order valence-electron chi connectivity index (χ1n) is 8.55. The summed E-state index contributed by atoms with van der Waals surface area (Å²) in [5.41, 5.74) is 0.902. The lowest BCUT2D eigenvalue weighted by Gasteiger charge is -2.38. The van der Waals surface area contributed by atoms with Crippen molar-refractivity contribution in [3.63, 3.8) is 0 Å². The number of likely N-dealkylation sites (tertiary alicyclic amines) is 1. The van der Waals surface area contributed by atoms with Crippen molar-refractivity contribution in [2.75, 3.05) is 27.3 Å². The number of ether oxygens (including phenoxy) is 2. The van der Waals surface area contributed by atoms with Crippen molar-refractivity contribution in [1.29, 1.82) is 0 Å². The van der Waals surface area contributed by atoms with Crippen LogP contribution in [-0.4, -0.2) is 42.3 Å². The van der Waals surface area contributed by atoms with Crippen LogP contribution in [0.2, 0.25) is 0 Å². The maximum absolute atomic E-state index is 11.1. The molecule has 0 spiro atoms. The van der Waals surface area contributed by atoms with Gasteiger partial charge in [-0.05, 0) is 44.4 Å². The van der Waals surface area contributed by atoms with E-state index in [-0.39, 0.29) is 0 Å². The Hall–Kier alpha value is -2.05. The van der Waals surface area contributed by atoms with Gasteiger partial charge in [0.05, 0.1) is 32.1 Å². The summed E-state index contributed by atoms with van der Waals surface area (Å²) >= 11 is 0. The molecule has 0 atom stereocenters. The molecule has 1 saturated heterocycles. The Morgan fingerprint density at radius 2 is 1.72 bits per heavy atom. The fraction of sp³-hybridized carbons (Fsp3) is 0.526. The molecule has 6 heteroatoms. The highest BCUT2D eigenvalue weighted by Gasteiger charge is 2.35. The molecule has 0 amide bonds. The Labute approximate surface area is 148 Å². The Bertz CT molecular complexity index is 691. The zero-order chi connectivity index (χ0) is 18.0. The fourth-order valence-corrected chi connectivity index (χ4v) is 3.24. The number of benzene rings is 1. The smallest absolute Gasteiger partial charge is 0.208 e. The molecule has 2 aromatic rings. The van der Waals surface area contributed by atoms with Gasteiger partial charge >= 0.3 is 0 Å². The topological polar surface area (TPSA) is 68.0 Å². The molecule has 3 rings (SSSR count). The first kappa shape index (κ1) is 17.8. The fourth-order valence-electron chi connectivity index (χ4n) is 3.24. The van der Waals surface area contributed by atoms with E-state index in [0.717, 1.165) is 36.0 Å². The second kappa shape index (κ2) is 7.06. The minimum absolute atomic E-state index is 0.641. The van der Waals surface area contributed by atoms with Crippen LogP contribution in [0.1, 0.15) is 35.7 Å². The van der Waals surface area contributed by atoms with E-state index in [1.165, 1.54) is 0 Å². The third-order valence-electron chi connectivity index (χ3n) is 5.00. The molecule has 0 saturated carbocycles. The van der Waals surface area contributed by atoms with Gasteiger partial charge in [-0.1, -0.05) is 0 Å². The molecule has 1 aromatic heterocycles. The van der Waals surface area contributed by atoms with E-state index in [0.29, 0.717) is 30.9 Å². The van der Waals surface area contributed by atoms with Gasteiger partial charge in [0.1, 0.15) is 17.3 Å². The standard InChI is InChI=1S/C19H26N2O4/c1-13-14(2)25-18(20-13)12-21-7-5-19(22,6-8-21)15-9-16(23-3)11-17(10-15)24-4/h9-11,22H,5-8,12H2,1-4H3. The van der Waals surface area contributed by atoms with Crippen LogP contribution in [-0.2, 0) is 12.1 Å². The van der Waals surface area contributed by atoms with E-state index in [1.807, 2.05) is 32.0 Å². The number of oxazole rings is 1. The van der Waals surface area contributed by atoms with Crippen LogP contribution < -0.4 is 9.47 Å². The molecule has 0 bridgehead atoms. The van der Waals surface area contributed by atoms with Crippen LogP contribution in [0.5, 0.6) is 11.5 Å². The SMILES string of the molecule is COc1cc(OC)cc(C2(O)CCN(Cc3nc(C)c(C)o3)CC2)c1. The van der Waals surface area contributed by atoms with Gasteiger partial charge in [0.15, 0.2) is 0 Å². The summed E-state index contributed by atoms with van der Waals surface area (Å²) in [5.74, 6) is 2.99. The molecule has 2 heterocycles. The van der Waals surface area contributed by atoms with Crippen LogP contribution >= 0.6 is 0 Å². The summed E-state index contributed by atoms with van der Waals surface area (Å²) in [6.07, 6.45) is 1.28. The summed E-state index contributed by atoms with van der Waals surface area (Å²) in [4.78, 5) is 6.70. The van der Waals surface area contributed by atoms with Gasteiger partial charge in [-0.25, -0.2) is 4.98 Å². The van der Waals surface area contributed by atoms with Crippen molar-refractivity contribution in [2.45, 2.75) is 38.8 Å². The van der Waals surface area contributed by atoms with Gasteiger partial charge < -0.3 is 19.0 Å². The third kappa shape index (κ3) is 3.80. The monoisotopic (exact) mass is 346 g/mol. The molecule has 1 aliphatic heterocycles. The first-order valence-corrected chi connectivity index (χ1v) is 8.55. The van der Waals surface area contributed by atoms with Crippen LogP contribution in [0.3, 0.4) is 0 Å². The number of aliphatic hydroxyl groups is 1. The van der Waals surface area contributed by atoms with Crippen molar-refractivity contribution in [1.82, 2.24) is 9.88 Å². The largest absolute Gasteiger partial charge is 0.497 e. The lowest BCUT2D eigenvalue weighted by atomic mass is 9.84. The maximum Gasteiger partial charge on any atom is 0.208 e. The van der Waals surface area contributed by atoms with Gasteiger partial charge in [-0.3, -0.25) is 4.90 Å². The highest BCUT2D eigenvalue weighted by molar-refractivity contribution is 5.41. The highest BCUT2D eigenvalue weighted by Crippen LogP contribution is 2.37. The Morgan fingerprint density at radius 1 is 1.12 bits per heavy atom. The average molecular weight is 346 g/mol. The van der Waals surface area contributed by atoms with E-state index in [1.54, 1.807) is 14.2 Å². The van der Waals surface area contributed by atoms with Crippen molar-refractivity contribution in [2.24, 2.45) is 0 Å². The molecular weight excluding hydrogens is 320 g/mol. The van der Waals surface area contributed by atoms with E-state index < -0.39 is 5.60 Å². The predicted molar refractivity (Wildman–Crippen MR) is 93.9 cm³/mol. The molecule has 25 heavy (non-hydrogen) atoms. The Balaban J connectivity index is 1.69. The number of aryl methyl sites for hydroxylation is 2. The zero-order valence-corrected chi connectivity index (χ0v) is 15.3. The maximum atomic E-state index is 11.1. The van der Waals surface area contributed by atoms with Crippen LogP contribution in [0.15, 0.2) is 22.6 Å². The second-order valence-corrected chi connectivity index (χ2v) is 6.66. The Kier molecular flexibility index (Phi) is 5.01. The molecule has 6 nitrogen and oxygen atoms in total. The number of methoxy groups -OCH3 is 2. The molecule has 0 aliphatic carbocycles. The highest BCUT2D eigenvalue weighted by atomic mass is 16.5. The zero-order valence-electron chi connectivity index (χ0n) is 15.3. The lowest BCUT2D eigenvalue weighted by Crippen LogP contribution is -2.42. The number of nitrogens with zero attached hydrogens (tertiary/aromatic N) is 2. The van der Waals surface area contributed by atoms with E-state index in [9.17, 15) is 5.11 Å². The van der Waals surface area contributed by atoms with E-state index in [4.69, 9.17) is 13.9 Å². The third-order valence-corrected chi connectivity index (χ3v) is 5.00. The minimum atomic E-state index is -0.874. The summed E-state index contributed by atoms with van der Waals surface area (Å²) in [6, 6.07) is 5.59. The van der Waals surface area contributed by atoms with Crippen LogP contribution in [0.25, 0.3) is 0 Å². The van der Waals surface area contributed by atoms with Crippen molar-refractivity contribution in [3.05, 3.63) is 41.1 Å². The predicted octanol–water partition coefficient (Wildman–Crippen LogP) is 2.79. The number of piperidine rings is 1. The van der Waals surface area contributed by atoms with Crippen molar-refractivity contribution < 1.29 is 19.0 Å². The molecule has 0 radical (unpaired) electrons. The van der Waals surface area contributed by atoms with E-state index >= 15 is 0 Å². The molecule has 136 valence electrons. The number of hydrogen-bond acceptors (Lipinski definition) is 6. The van der Waals surface area contributed by atoms with Gasteiger partial charge in [-0.2, -0.15) is 0 Å². The van der Waals surface area contributed by atoms with Crippen molar-refractivity contribution >= 4 is 0 Å². The van der Waals surface area contributed by atoms with Crippen LogP contribution in [0, 0.1) is 13.8 Å². The molecule has 1 N–H and O–H groups in total. The van der Waals surface area contributed by atoms with Crippen molar-refractivity contribution in [3.8, 4) is 11.5 Å². The molecule has 1 fully saturated rings. The molecule has 0 unspecified atom stereocenters. The number of hydrogen-bond donors (Lipinski definition) is 1. The second-order valence-electron chi connectivity index (χ2n) is 6.66. The summed E-state index contributed by atoms with van der Waals surface area (Å²) < 4.78 is 16.3. The number of aromatic nitrogens is 1. The van der Waals surface area contributed by atoms with Crippen LogP contribution in [0.4, 0.5) is 0 Å². The van der Waals surface area contributed by atoms with Gasteiger partial charge in [0.25, 0.3) is 0 Å². The quantitative estimate of drug-likeness (QED) is 0.898. The van der Waals surface area contributed by atoms with E-state index in [2.05, 4.69) is 9.88 Å². The molecule has 1 aliphatic rings. The summed E-state index contributed by atoms with van der Waals surface area (Å²) in [5, 5.41) is 11.1. The first-order chi connectivity index (χ1) is 11.9. The average Bonchev–Trinajstić information content (AvgIpc) is 2.94. The lowest BCUT2D eigenvalue weighted by molar-refractivity contribution is -0.0295. The Morgan fingerprint density at radius 3 is 2.20 bits per heavy atom. The number of rotatable bonds is 5. The van der Waals surface area contributed by atoms with Gasteiger partial charge in [-0.15, -0.1) is 0 Å². The molecule has 1 aromatic carbocycles. The molecular formula is C19H26N2O4. The minimum Gasteiger partial charge on any atom is -0.497 e.